The zero-order chi connectivity index (χ0) is 45.9. The molecular weight excluding hydrogens is 841 g/mol. The summed E-state index contributed by atoms with van der Waals surface area (Å²) >= 11 is 0. The average molecular weight is 887 g/mol. The molecule has 0 aliphatic carbocycles. The summed E-state index contributed by atoms with van der Waals surface area (Å²) < 4.78 is 8.54. The molecule has 0 bridgehead atoms. The van der Waals surface area contributed by atoms with Gasteiger partial charge in [-0.15, -0.1) is 0 Å². The van der Waals surface area contributed by atoms with Gasteiger partial charge < -0.3 is 0 Å². The van der Waals surface area contributed by atoms with Crippen LogP contribution >= 0.6 is 0 Å². The quantitative estimate of drug-likeness (QED) is 0.112. The Kier molecular flexibility index (Phi) is 9.72. The molecule has 8 aromatic carbocycles. The van der Waals surface area contributed by atoms with Gasteiger partial charge in [0.2, 0.25) is 0 Å². The van der Waals surface area contributed by atoms with E-state index in [0.29, 0.717) is 0 Å². The minimum atomic E-state index is 0.968. The number of anilines is 8. The van der Waals surface area contributed by atoms with E-state index >= 15 is 0 Å². The molecule has 0 saturated heterocycles. The van der Waals surface area contributed by atoms with E-state index in [2.05, 4.69) is 244 Å². The lowest BCUT2D eigenvalue weighted by atomic mass is 9.90. The smallest absolute Gasteiger partial charge is 0.115 e. The first-order valence-electron chi connectivity index (χ1n) is 22.6. The Bertz CT molecular complexity index is 3220. The Morgan fingerprint density at radius 3 is 0.706 bits per heavy atom. The first-order valence-corrected chi connectivity index (χ1v) is 22.6. The van der Waals surface area contributed by atoms with Gasteiger partial charge in [0.1, 0.15) is 25.3 Å². The van der Waals surface area contributed by atoms with Crippen LogP contribution in [0.3, 0.4) is 0 Å². The highest BCUT2D eigenvalue weighted by Gasteiger charge is 2.30. The van der Waals surface area contributed by atoms with Gasteiger partial charge in [-0.3, -0.25) is 0 Å². The largest absolute Gasteiger partial charge is 0.248 e. The molecule has 0 aliphatic heterocycles. The third-order valence-electron chi connectivity index (χ3n) is 12.8. The number of aromatic nitrogens is 8. The molecule has 0 radical (unpaired) electrons. The zero-order valence-corrected chi connectivity index (χ0v) is 38.0. The molecule has 330 valence electrons. The summed E-state index contributed by atoms with van der Waals surface area (Å²) in [6.45, 7) is 8.37. The number of para-hydroxylation sites is 4. The fourth-order valence-corrected chi connectivity index (χ4v) is 9.67. The van der Waals surface area contributed by atoms with Crippen LogP contribution in [-0.2, 0) is 0 Å². The summed E-state index contributed by atoms with van der Waals surface area (Å²) in [5.41, 5.74) is 11.8. The molecule has 12 rings (SSSR count). The molecule has 12 aromatic rings. The van der Waals surface area contributed by atoms with Crippen LogP contribution < -0.4 is 20.0 Å². The van der Waals surface area contributed by atoms with Gasteiger partial charge in [-0.05, 0) is 88.4 Å². The molecule has 4 aromatic heterocycles. The van der Waals surface area contributed by atoms with Gasteiger partial charge in [0.05, 0.1) is 68.3 Å². The third-order valence-corrected chi connectivity index (χ3v) is 12.8. The van der Waals surface area contributed by atoms with Crippen molar-refractivity contribution in [2.75, 3.05) is 20.0 Å². The molecule has 0 aliphatic rings. The van der Waals surface area contributed by atoms with E-state index in [9.17, 15) is 0 Å². The van der Waals surface area contributed by atoms with Crippen molar-refractivity contribution in [3.63, 3.8) is 0 Å². The predicted molar refractivity (Wildman–Crippen MR) is 274 cm³/mol. The Morgan fingerprint density at radius 1 is 0.294 bits per heavy atom. The van der Waals surface area contributed by atoms with Crippen molar-refractivity contribution >= 4 is 77.8 Å². The van der Waals surface area contributed by atoms with E-state index in [-0.39, 0.29) is 0 Å². The molecule has 0 N–H and O–H groups in total. The topological polar surface area (TPSA) is 84.2 Å². The lowest BCUT2D eigenvalue weighted by Gasteiger charge is -2.35. The van der Waals surface area contributed by atoms with E-state index in [1.807, 2.05) is 50.1 Å². The molecule has 0 atom stereocenters. The molecule has 0 amide bonds. The maximum atomic E-state index is 4.67. The van der Waals surface area contributed by atoms with E-state index in [0.717, 1.165) is 101 Å². The van der Waals surface area contributed by atoms with E-state index in [4.69, 9.17) is 0 Å². The second-order valence-corrected chi connectivity index (χ2v) is 17.0. The van der Waals surface area contributed by atoms with E-state index in [1.54, 1.807) is 0 Å². The minimum Gasteiger partial charge on any atom is -0.248 e. The Labute approximate surface area is 393 Å². The summed E-state index contributed by atoms with van der Waals surface area (Å²) in [6.07, 6.45) is 15.2. The van der Waals surface area contributed by atoms with Crippen LogP contribution in [0.5, 0.6) is 0 Å². The number of aryl methyl sites for hydroxylation is 4. The van der Waals surface area contributed by atoms with Gasteiger partial charge in [-0.1, -0.05) is 97.1 Å². The highest BCUT2D eigenvalue weighted by atomic mass is 15.6. The molecule has 12 nitrogen and oxygen atoms in total. The van der Waals surface area contributed by atoms with E-state index < -0.39 is 0 Å². The number of hydrogen-bond donors (Lipinski definition) is 0. The monoisotopic (exact) mass is 886 g/mol. The van der Waals surface area contributed by atoms with E-state index in [1.165, 1.54) is 0 Å². The summed E-state index contributed by atoms with van der Waals surface area (Å²) in [4.78, 5) is 18.7. The van der Waals surface area contributed by atoms with Crippen molar-refractivity contribution in [3.8, 4) is 0 Å². The maximum absolute atomic E-state index is 4.67. The SMILES string of the molecule is Cc1cncn1N(c1ccccc1)c1cc(N(c2ccccc2)n2cncc2C)c2ccc3c(N(c4ccccc4)n4cncc4C)cc(N(c4ccccc4)n4cncc4C)c4ccc1c2c43. The summed E-state index contributed by atoms with van der Waals surface area (Å²) in [5, 5.41) is 15.6. The van der Waals surface area contributed by atoms with Gasteiger partial charge >= 0.3 is 0 Å². The molecule has 4 heterocycles. The van der Waals surface area contributed by atoms with Crippen LogP contribution in [0.4, 0.5) is 45.5 Å². The highest BCUT2D eigenvalue weighted by Crippen LogP contribution is 2.52. The van der Waals surface area contributed by atoms with Crippen molar-refractivity contribution in [3.05, 3.63) is 231 Å². The fourth-order valence-electron chi connectivity index (χ4n) is 9.67. The minimum absolute atomic E-state index is 0.968. The van der Waals surface area contributed by atoms with Crippen LogP contribution in [0, 0.1) is 27.7 Å². The van der Waals surface area contributed by atoms with Crippen LogP contribution in [0.25, 0.3) is 32.3 Å². The Hall–Kier alpha value is -9.16. The van der Waals surface area contributed by atoms with Crippen LogP contribution in [-0.4, -0.2) is 38.6 Å². The Balaban J connectivity index is 1.29. The molecule has 68 heavy (non-hydrogen) atoms. The molecule has 0 unspecified atom stereocenters. The molecule has 0 fully saturated rings. The molecule has 12 heteroatoms. The molecule has 0 spiro atoms. The number of hydrogen-bond acceptors (Lipinski definition) is 8. The number of imidazole rings is 4. The highest BCUT2D eigenvalue weighted by molar-refractivity contribution is 6.32. The second kappa shape index (κ2) is 16.4. The van der Waals surface area contributed by atoms with Crippen molar-refractivity contribution in [1.29, 1.82) is 0 Å². The lowest BCUT2D eigenvalue weighted by molar-refractivity contribution is 0.779. The standard InChI is InChI=1S/C56H46N12/c1-39-31-57-35-61(39)65(43-17-9-5-10-18-43)51-29-52(66(44-19-11-6-12-20-44)62-36-58-32-40(62)2)48-27-28-50-54(68(46-23-15-8-16-24-46)64-38-60-34-42(64)4)30-53(49-26-25-47(51)55(48)56(49)50)67(45-21-13-7-14-22-45)63-37-59-33-41(63)3/h5-38H,1-4H3. The summed E-state index contributed by atoms with van der Waals surface area (Å²) in [7, 11) is 0. The molecular formula is C56H46N12. The van der Waals surface area contributed by atoms with Crippen LogP contribution in [0.15, 0.2) is 208 Å². The summed E-state index contributed by atoms with van der Waals surface area (Å²) in [6, 6.07) is 55.9. The van der Waals surface area contributed by atoms with Crippen molar-refractivity contribution in [2.45, 2.75) is 27.7 Å². The predicted octanol–water partition coefficient (Wildman–Crippen LogP) is 13.0. The number of nitrogens with zero attached hydrogens (tertiary/aromatic N) is 12. The fraction of sp³-hybridized carbons (Fsp3) is 0.0714. The first kappa shape index (κ1) is 40.4. The first-order chi connectivity index (χ1) is 33.4. The van der Waals surface area contributed by atoms with Gasteiger partial charge in [0.25, 0.3) is 0 Å². The maximum Gasteiger partial charge on any atom is 0.115 e. The average Bonchev–Trinajstić information content (AvgIpc) is 4.21. The van der Waals surface area contributed by atoms with Gasteiger partial charge in [0.15, 0.2) is 0 Å². The van der Waals surface area contributed by atoms with Crippen LogP contribution in [0.2, 0.25) is 0 Å². The van der Waals surface area contributed by atoms with Crippen molar-refractivity contribution in [1.82, 2.24) is 38.6 Å². The Morgan fingerprint density at radius 2 is 0.515 bits per heavy atom. The van der Waals surface area contributed by atoms with Gasteiger partial charge in [-0.2, -0.15) is 0 Å². The second-order valence-electron chi connectivity index (χ2n) is 17.0. The summed E-state index contributed by atoms with van der Waals surface area (Å²) in [5.74, 6) is 0. The third kappa shape index (κ3) is 6.52. The zero-order valence-electron chi connectivity index (χ0n) is 38.0. The molecule has 0 saturated carbocycles. The van der Waals surface area contributed by atoms with Crippen molar-refractivity contribution < 1.29 is 0 Å². The number of rotatable bonds is 12. The van der Waals surface area contributed by atoms with Gasteiger partial charge in [0, 0.05) is 57.1 Å². The van der Waals surface area contributed by atoms with Crippen LogP contribution in [0.1, 0.15) is 22.8 Å². The lowest BCUT2D eigenvalue weighted by Crippen LogP contribution is -2.28. The number of benzene rings is 8. The normalized spacial score (nSPS) is 11.5. The van der Waals surface area contributed by atoms with Crippen molar-refractivity contribution in [2.24, 2.45) is 0 Å². The van der Waals surface area contributed by atoms with Gasteiger partial charge in [-0.25, -0.2) is 58.7 Å².